The van der Waals surface area contributed by atoms with Gasteiger partial charge in [-0.2, -0.15) is 0 Å². The molecule has 0 fully saturated rings. The van der Waals surface area contributed by atoms with Crippen molar-refractivity contribution in [3.05, 3.63) is 63.6 Å². The quantitative estimate of drug-likeness (QED) is 0.868. The molecule has 0 amide bonds. The lowest BCUT2D eigenvalue weighted by Gasteiger charge is -2.18. The molecule has 0 aliphatic carbocycles. The van der Waals surface area contributed by atoms with E-state index in [1.54, 1.807) is 0 Å². The minimum absolute atomic E-state index is 0.181. The highest BCUT2D eigenvalue weighted by atomic mass is 79.9. The van der Waals surface area contributed by atoms with Crippen LogP contribution in [0.25, 0.3) is 0 Å². The molecule has 0 aromatic heterocycles. The molecule has 2 aromatic carbocycles. The highest BCUT2D eigenvalue weighted by molar-refractivity contribution is 9.10. The van der Waals surface area contributed by atoms with Crippen LogP contribution < -0.4 is 10.5 Å². The first-order chi connectivity index (χ1) is 9.63. The van der Waals surface area contributed by atoms with Gasteiger partial charge in [0.05, 0.1) is 12.6 Å². The summed E-state index contributed by atoms with van der Waals surface area (Å²) >= 11 is 3.56. The number of ether oxygens (including phenoxy) is 1. The van der Waals surface area contributed by atoms with Gasteiger partial charge in [-0.05, 0) is 36.6 Å². The summed E-state index contributed by atoms with van der Waals surface area (Å²) in [4.78, 5) is 0. The second-order valence-corrected chi connectivity index (χ2v) is 5.73. The van der Waals surface area contributed by atoms with Gasteiger partial charge >= 0.3 is 0 Å². The van der Waals surface area contributed by atoms with Crippen LogP contribution in [-0.2, 0) is 0 Å². The molecule has 0 aliphatic rings. The molecule has 1 atom stereocenters. The number of hydrogen-bond acceptors (Lipinski definition) is 2. The fourth-order valence-electron chi connectivity index (χ4n) is 2.06. The Labute approximate surface area is 129 Å². The van der Waals surface area contributed by atoms with E-state index in [1.165, 1.54) is 5.56 Å². The molecule has 0 saturated carbocycles. The predicted molar refractivity (Wildman–Crippen MR) is 87.1 cm³/mol. The van der Waals surface area contributed by atoms with Crippen LogP contribution >= 0.6 is 15.9 Å². The fourth-order valence-corrected chi connectivity index (χ4v) is 2.46. The summed E-state index contributed by atoms with van der Waals surface area (Å²) in [5, 5.41) is 0. The third kappa shape index (κ3) is 3.41. The van der Waals surface area contributed by atoms with Gasteiger partial charge in [0.25, 0.3) is 0 Å². The highest BCUT2D eigenvalue weighted by Gasteiger charge is 2.14. The van der Waals surface area contributed by atoms with Crippen molar-refractivity contribution in [2.45, 2.75) is 26.3 Å². The van der Waals surface area contributed by atoms with E-state index in [2.05, 4.69) is 48.0 Å². The van der Waals surface area contributed by atoms with Crippen molar-refractivity contribution in [2.75, 3.05) is 6.61 Å². The normalized spacial score (nSPS) is 12.2. The molecule has 2 rings (SSSR count). The highest BCUT2D eigenvalue weighted by Crippen LogP contribution is 2.30. The Balaban J connectivity index is 2.32. The molecule has 106 valence electrons. The van der Waals surface area contributed by atoms with Crippen molar-refractivity contribution in [1.82, 2.24) is 0 Å². The Bertz CT molecular complexity index is 583. The molecule has 20 heavy (non-hydrogen) atoms. The van der Waals surface area contributed by atoms with Crippen LogP contribution in [0.3, 0.4) is 0 Å². The van der Waals surface area contributed by atoms with Crippen LogP contribution in [0.4, 0.5) is 0 Å². The predicted octanol–water partition coefficient (Wildman–Crippen LogP) is 4.59. The molecule has 0 aliphatic heterocycles. The molecule has 0 heterocycles. The zero-order valence-electron chi connectivity index (χ0n) is 11.9. The van der Waals surface area contributed by atoms with Gasteiger partial charge in [-0.25, -0.2) is 0 Å². The maximum absolute atomic E-state index is 6.41. The first-order valence-corrected chi connectivity index (χ1v) is 7.66. The Morgan fingerprint density at radius 3 is 2.65 bits per heavy atom. The molecule has 2 aromatic rings. The van der Waals surface area contributed by atoms with Gasteiger partial charge in [0.2, 0.25) is 0 Å². The average Bonchev–Trinajstić information content (AvgIpc) is 2.47. The Kier molecular flexibility index (Phi) is 5.21. The lowest BCUT2D eigenvalue weighted by Crippen LogP contribution is -2.14. The average molecular weight is 334 g/mol. The third-order valence-electron chi connectivity index (χ3n) is 3.27. The first kappa shape index (κ1) is 15.1. The summed E-state index contributed by atoms with van der Waals surface area (Å²) < 4.78 is 6.87. The van der Waals surface area contributed by atoms with Crippen molar-refractivity contribution >= 4 is 15.9 Å². The molecule has 1 unspecified atom stereocenters. The van der Waals surface area contributed by atoms with Crippen molar-refractivity contribution < 1.29 is 4.74 Å². The van der Waals surface area contributed by atoms with Crippen LogP contribution in [0, 0.1) is 6.92 Å². The molecular formula is C17H20BrNO. The Morgan fingerprint density at radius 2 is 1.95 bits per heavy atom. The van der Waals surface area contributed by atoms with Gasteiger partial charge in [0, 0.05) is 10.0 Å². The van der Waals surface area contributed by atoms with Gasteiger partial charge < -0.3 is 10.5 Å². The van der Waals surface area contributed by atoms with Gasteiger partial charge in [-0.15, -0.1) is 0 Å². The third-order valence-corrected chi connectivity index (χ3v) is 4.13. The zero-order chi connectivity index (χ0) is 14.5. The summed E-state index contributed by atoms with van der Waals surface area (Å²) in [5.74, 6) is 0.874. The lowest BCUT2D eigenvalue weighted by atomic mass is 9.98. The minimum Gasteiger partial charge on any atom is -0.493 e. The molecule has 2 N–H and O–H groups in total. The van der Waals surface area contributed by atoms with E-state index < -0.39 is 0 Å². The topological polar surface area (TPSA) is 35.2 Å². The van der Waals surface area contributed by atoms with Crippen LogP contribution in [0.2, 0.25) is 0 Å². The van der Waals surface area contributed by atoms with Gasteiger partial charge in [0.1, 0.15) is 5.75 Å². The van der Waals surface area contributed by atoms with E-state index >= 15 is 0 Å². The number of halogens is 1. The summed E-state index contributed by atoms with van der Waals surface area (Å²) in [6.45, 7) is 4.87. The van der Waals surface area contributed by atoms with E-state index in [0.29, 0.717) is 6.61 Å². The van der Waals surface area contributed by atoms with Crippen LogP contribution in [0.15, 0.2) is 46.9 Å². The number of hydrogen-bond donors (Lipinski definition) is 1. The van der Waals surface area contributed by atoms with E-state index in [-0.39, 0.29) is 6.04 Å². The lowest BCUT2D eigenvalue weighted by molar-refractivity contribution is 0.313. The molecule has 2 nitrogen and oxygen atoms in total. The van der Waals surface area contributed by atoms with E-state index in [0.717, 1.165) is 27.8 Å². The Hall–Kier alpha value is -1.32. The van der Waals surface area contributed by atoms with Crippen LogP contribution in [0.5, 0.6) is 5.75 Å². The largest absolute Gasteiger partial charge is 0.493 e. The first-order valence-electron chi connectivity index (χ1n) is 6.86. The Morgan fingerprint density at radius 1 is 1.20 bits per heavy atom. The van der Waals surface area contributed by atoms with E-state index in [4.69, 9.17) is 10.5 Å². The van der Waals surface area contributed by atoms with E-state index in [1.807, 2.05) is 24.3 Å². The van der Waals surface area contributed by atoms with E-state index in [9.17, 15) is 0 Å². The van der Waals surface area contributed by atoms with Crippen molar-refractivity contribution in [3.63, 3.8) is 0 Å². The molecule has 0 spiro atoms. The summed E-state index contributed by atoms with van der Waals surface area (Å²) in [6, 6.07) is 14.0. The molecule has 0 bridgehead atoms. The van der Waals surface area contributed by atoms with Crippen LogP contribution in [-0.4, -0.2) is 6.61 Å². The molecule has 0 radical (unpaired) electrons. The summed E-state index contributed by atoms with van der Waals surface area (Å²) in [7, 11) is 0. The van der Waals surface area contributed by atoms with Crippen molar-refractivity contribution in [3.8, 4) is 5.75 Å². The number of benzene rings is 2. The standard InChI is InChI=1S/C17H20BrNO/c1-3-10-20-16-7-5-4-6-14(16)17(19)13-9-8-12(2)15(18)11-13/h4-9,11,17H,3,10,19H2,1-2H3. The maximum Gasteiger partial charge on any atom is 0.124 e. The maximum atomic E-state index is 6.41. The zero-order valence-corrected chi connectivity index (χ0v) is 13.5. The summed E-state index contributed by atoms with van der Waals surface area (Å²) in [6.07, 6.45) is 0.986. The number of para-hydroxylation sites is 1. The fraction of sp³-hybridized carbons (Fsp3) is 0.294. The number of aryl methyl sites for hydroxylation is 1. The molecule has 0 saturated heterocycles. The number of nitrogens with two attached hydrogens (primary N) is 1. The van der Waals surface area contributed by atoms with Gasteiger partial charge in [-0.1, -0.05) is 53.2 Å². The molecular weight excluding hydrogens is 314 g/mol. The second kappa shape index (κ2) is 6.91. The summed E-state index contributed by atoms with van der Waals surface area (Å²) in [5.41, 5.74) is 9.72. The van der Waals surface area contributed by atoms with Gasteiger partial charge in [0.15, 0.2) is 0 Å². The monoisotopic (exact) mass is 333 g/mol. The minimum atomic E-state index is -0.181. The number of rotatable bonds is 5. The molecule has 3 heteroatoms. The van der Waals surface area contributed by atoms with Gasteiger partial charge in [-0.3, -0.25) is 0 Å². The van der Waals surface area contributed by atoms with Crippen molar-refractivity contribution in [2.24, 2.45) is 5.73 Å². The second-order valence-electron chi connectivity index (χ2n) is 4.87. The van der Waals surface area contributed by atoms with Crippen molar-refractivity contribution in [1.29, 1.82) is 0 Å². The van der Waals surface area contributed by atoms with Crippen LogP contribution in [0.1, 0.15) is 36.1 Å². The smallest absolute Gasteiger partial charge is 0.124 e. The SMILES string of the molecule is CCCOc1ccccc1C(N)c1ccc(C)c(Br)c1.